The van der Waals surface area contributed by atoms with Crippen molar-refractivity contribution in [3.63, 3.8) is 0 Å². The van der Waals surface area contributed by atoms with Crippen molar-refractivity contribution < 1.29 is 14.3 Å². The quantitative estimate of drug-likeness (QED) is 0.650. The van der Waals surface area contributed by atoms with E-state index in [0.29, 0.717) is 44.3 Å². The van der Waals surface area contributed by atoms with Gasteiger partial charge in [-0.15, -0.1) is 0 Å². The van der Waals surface area contributed by atoms with Crippen molar-refractivity contribution in [3.05, 3.63) is 22.1 Å². The molecule has 3 heterocycles. The van der Waals surface area contributed by atoms with Crippen LogP contribution in [0.5, 0.6) is 0 Å². The Labute approximate surface area is 145 Å². The summed E-state index contributed by atoms with van der Waals surface area (Å²) in [7, 11) is 0. The second-order valence-electron chi connectivity index (χ2n) is 6.41. The van der Waals surface area contributed by atoms with Crippen LogP contribution >= 0.6 is 11.8 Å². The van der Waals surface area contributed by atoms with Crippen LogP contribution in [0.2, 0.25) is 0 Å². The first-order valence-electron chi connectivity index (χ1n) is 8.27. The standard InChI is InChI=1S/C16H23N3O4S/c1-11(2)12-9-13(20)18-15(17-12)24-10-14(21)19-5-3-16(4-6-19)22-7-8-23-16/h9,11H,3-8,10H2,1-2H3,(H,17,18,20). The van der Waals surface area contributed by atoms with Crippen LogP contribution in [0.15, 0.2) is 16.0 Å². The summed E-state index contributed by atoms with van der Waals surface area (Å²) in [6.45, 7) is 6.50. The average Bonchev–Trinajstić information content (AvgIpc) is 3.01. The Balaban J connectivity index is 1.54. The normalized spacial score (nSPS) is 20.0. The molecule has 1 aromatic heterocycles. The molecule has 1 N–H and O–H groups in total. The molecule has 1 aromatic rings. The molecule has 7 nitrogen and oxygen atoms in total. The number of hydrogen-bond acceptors (Lipinski definition) is 6. The minimum atomic E-state index is -0.470. The number of likely N-dealkylation sites (tertiary alicyclic amines) is 1. The molecule has 2 saturated heterocycles. The molecule has 0 atom stereocenters. The summed E-state index contributed by atoms with van der Waals surface area (Å²) in [5.41, 5.74) is 0.559. The number of hydrogen-bond donors (Lipinski definition) is 1. The maximum absolute atomic E-state index is 12.4. The molecule has 3 rings (SSSR count). The number of piperidine rings is 1. The van der Waals surface area contributed by atoms with Crippen LogP contribution in [0.4, 0.5) is 0 Å². The maximum atomic E-state index is 12.4. The number of rotatable bonds is 4. The highest BCUT2D eigenvalue weighted by Gasteiger charge is 2.40. The molecule has 0 bridgehead atoms. The van der Waals surface area contributed by atoms with Crippen molar-refractivity contribution in [2.45, 2.75) is 43.6 Å². The van der Waals surface area contributed by atoms with Crippen molar-refractivity contribution in [1.29, 1.82) is 0 Å². The molecule has 1 spiro atoms. The minimum Gasteiger partial charge on any atom is -0.347 e. The topological polar surface area (TPSA) is 84.5 Å². The highest BCUT2D eigenvalue weighted by molar-refractivity contribution is 7.99. The third-order valence-corrected chi connectivity index (χ3v) is 5.21. The molecule has 2 fully saturated rings. The number of amides is 1. The van der Waals surface area contributed by atoms with Crippen LogP contribution in [0, 0.1) is 0 Å². The average molecular weight is 353 g/mol. The van der Waals surface area contributed by atoms with E-state index in [4.69, 9.17) is 9.47 Å². The smallest absolute Gasteiger partial charge is 0.251 e. The second-order valence-corrected chi connectivity index (χ2v) is 7.37. The third kappa shape index (κ3) is 3.99. The monoisotopic (exact) mass is 353 g/mol. The van der Waals surface area contributed by atoms with E-state index in [1.807, 2.05) is 18.7 Å². The Morgan fingerprint density at radius 2 is 2.04 bits per heavy atom. The fraction of sp³-hybridized carbons (Fsp3) is 0.688. The summed E-state index contributed by atoms with van der Waals surface area (Å²) >= 11 is 1.27. The number of carbonyl (C=O) groups excluding carboxylic acids is 1. The fourth-order valence-electron chi connectivity index (χ4n) is 2.92. The molecule has 0 saturated carbocycles. The van der Waals surface area contributed by atoms with Gasteiger partial charge in [0.25, 0.3) is 5.56 Å². The Morgan fingerprint density at radius 1 is 1.38 bits per heavy atom. The Kier molecular flexibility index (Phi) is 5.27. The van der Waals surface area contributed by atoms with E-state index in [1.165, 1.54) is 17.8 Å². The Morgan fingerprint density at radius 3 is 2.67 bits per heavy atom. The summed E-state index contributed by atoms with van der Waals surface area (Å²) in [5, 5.41) is 0.496. The van der Waals surface area contributed by atoms with Gasteiger partial charge in [-0.25, -0.2) is 4.98 Å². The van der Waals surface area contributed by atoms with Gasteiger partial charge in [0.2, 0.25) is 5.91 Å². The predicted octanol–water partition coefficient (Wildman–Crippen LogP) is 1.35. The lowest BCUT2D eigenvalue weighted by molar-refractivity contribution is -0.186. The second kappa shape index (κ2) is 7.25. The molecule has 8 heteroatoms. The zero-order valence-electron chi connectivity index (χ0n) is 14.0. The van der Waals surface area contributed by atoms with Gasteiger partial charge >= 0.3 is 0 Å². The molecule has 0 aromatic carbocycles. The van der Waals surface area contributed by atoms with Gasteiger partial charge in [-0.2, -0.15) is 0 Å². The molecular weight excluding hydrogens is 330 g/mol. The molecule has 132 valence electrons. The van der Waals surface area contributed by atoms with Gasteiger partial charge in [0.1, 0.15) is 0 Å². The van der Waals surface area contributed by atoms with Crippen LogP contribution < -0.4 is 5.56 Å². The molecule has 0 unspecified atom stereocenters. The van der Waals surface area contributed by atoms with Gasteiger partial charge in [0.05, 0.1) is 24.7 Å². The number of aromatic nitrogens is 2. The minimum absolute atomic E-state index is 0.0467. The van der Waals surface area contributed by atoms with Gasteiger partial charge < -0.3 is 19.4 Å². The van der Waals surface area contributed by atoms with Gasteiger partial charge in [-0.05, 0) is 5.92 Å². The Hall–Kier alpha value is -1.38. The van der Waals surface area contributed by atoms with E-state index in [0.717, 1.165) is 5.69 Å². The molecule has 1 amide bonds. The van der Waals surface area contributed by atoms with E-state index in [-0.39, 0.29) is 23.1 Å². The number of nitrogens with one attached hydrogen (secondary N) is 1. The summed E-state index contributed by atoms with van der Waals surface area (Å²) in [6.07, 6.45) is 1.42. The molecular formula is C16H23N3O4S. The van der Waals surface area contributed by atoms with Crippen LogP contribution in [0.25, 0.3) is 0 Å². The summed E-state index contributed by atoms with van der Waals surface area (Å²) in [4.78, 5) is 33.0. The summed E-state index contributed by atoms with van der Waals surface area (Å²) < 4.78 is 11.3. The van der Waals surface area contributed by atoms with Gasteiger partial charge in [0, 0.05) is 32.0 Å². The highest BCUT2D eigenvalue weighted by atomic mass is 32.2. The number of thioether (sulfide) groups is 1. The van der Waals surface area contributed by atoms with E-state index < -0.39 is 5.79 Å². The summed E-state index contributed by atoms with van der Waals surface area (Å²) in [6, 6.07) is 1.50. The van der Waals surface area contributed by atoms with E-state index in [1.54, 1.807) is 0 Å². The first-order chi connectivity index (χ1) is 11.5. The third-order valence-electron chi connectivity index (χ3n) is 4.36. The first kappa shape index (κ1) is 17.4. The van der Waals surface area contributed by atoms with Gasteiger partial charge in [-0.1, -0.05) is 25.6 Å². The van der Waals surface area contributed by atoms with Crippen molar-refractivity contribution in [3.8, 4) is 0 Å². The summed E-state index contributed by atoms with van der Waals surface area (Å²) in [5.74, 6) is 0.0131. The Bertz CT molecular complexity index is 645. The zero-order valence-corrected chi connectivity index (χ0v) is 14.9. The van der Waals surface area contributed by atoms with Crippen LogP contribution in [-0.4, -0.2) is 58.6 Å². The lowest BCUT2D eigenvalue weighted by Crippen LogP contribution is -2.47. The van der Waals surface area contributed by atoms with Crippen LogP contribution in [-0.2, 0) is 14.3 Å². The van der Waals surface area contributed by atoms with Crippen LogP contribution in [0.1, 0.15) is 38.3 Å². The molecule has 2 aliphatic heterocycles. The molecule has 0 aliphatic carbocycles. The molecule has 2 aliphatic rings. The van der Waals surface area contributed by atoms with Crippen molar-refractivity contribution in [2.24, 2.45) is 0 Å². The van der Waals surface area contributed by atoms with Crippen molar-refractivity contribution in [1.82, 2.24) is 14.9 Å². The number of carbonyl (C=O) groups is 1. The van der Waals surface area contributed by atoms with Gasteiger partial charge in [-0.3, -0.25) is 9.59 Å². The first-order valence-corrected chi connectivity index (χ1v) is 9.26. The lowest BCUT2D eigenvalue weighted by atomic mass is 10.0. The number of nitrogens with zero attached hydrogens (tertiary/aromatic N) is 2. The predicted molar refractivity (Wildman–Crippen MR) is 90.1 cm³/mol. The number of ether oxygens (including phenoxy) is 2. The molecule has 24 heavy (non-hydrogen) atoms. The lowest BCUT2D eigenvalue weighted by Gasteiger charge is -2.37. The zero-order chi connectivity index (χ0) is 17.2. The highest BCUT2D eigenvalue weighted by Crippen LogP contribution is 2.31. The number of H-pyrrole nitrogens is 1. The van der Waals surface area contributed by atoms with E-state index in [2.05, 4.69) is 9.97 Å². The SMILES string of the molecule is CC(C)c1cc(=O)[nH]c(SCC(=O)N2CCC3(CC2)OCCO3)n1. The number of aromatic amines is 1. The largest absolute Gasteiger partial charge is 0.347 e. The fourth-order valence-corrected chi connectivity index (χ4v) is 3.71. The van der Waals surface area contributed by atoms with Crippen molar-refractivity contribution >= 4 is 17.7 Å². The van der Waals surface area contributed by atoms with E-state index >= 15 is 0 Å². The van der Waals surface area contributed by atoms with Crippen molar-refractivity contribution in [2.75, 3.05) is 32.1 Å². The molecule has 0 radical (unpaired) electrons. The maximum Gasteiger partial charge on any atom is 0.251 e. The van der Waals surface area contributed by atoms with Gasteiger partial charge in [0.15, 0.2) is 10.9 Å². The van der Waals surface area contributed by atoms with E-state index in [9.17, 15) is 9.59 Å². The van der Waals surface area contributed by atoms with Crippen LogP contribution in [0.3, 0.4) is 0 Å².